The standard InChI is InChI=1S/C16H14ClN3OS/c1-10-9-15(20(2)19-10)18-16(21)14-8-7-13(22-14)11-3-5-12(17)6-4-11/h3-9H,1-2H3,(H,18,21). The number of benzene rings is 1. The van der Waals surface area contributed by atoms with E-state index in [1.807, 2.05) is 49.4 Å². The number of nitrogens with zero attached hydrogens (tertiary/aromatic N) is 2. The van der Waals surface area contributed by atoms with Gasteiger partial charge in [-0.25, -0.2) is 0 Å². The molecule has 3 rings (SSSR count). The fraction of sp³-hybridized carbons (Fsp3) is 0.125. The van der Waals surface area contributed by atoms with Crippen molar-refractivity contribution in [1.82, 2.24) is 9.78 Å². The number of rotatable bonds is 3. The molecule has 2 heterocycles. The van der Waals surface area contributed by atoms with Gasteiger partial charge in [0.25, 0.3) is 5.91 Å². The van der Waals surface area contributed by atoms with E-state index in [4.69, 9.17) is 11.6 Å². The van der Waals surface area contributed by atoms with Crippen LogP contribution in [0, 0.1) is 6.92 Å². The lowest BCUT2D eigenvalue weighted by Crippen LogP contribution is -2.13. The monoisotopic (exact) mass is 331 g/mol. The van der Waals surface area contributed by atoms with Crippen molar-refractivity contribution in [3.05, 3.63) is 58.1 Å². The minimum atomic E-state index is -0.131. The van der Waals surface area contributed by atoms with Crippen LogP contribution in [0.5, 0.6) is 0 Å². The van der Waals surface area contributed by atoms with Gasteiger partial charge in [0, 0.05) is 23.0 Å². The molecule has 0 saturated heterocycles. The second kappa shape index (κ2) is 5.94. The third-order valence-corrected chi connectivity index (χ3v) is 4.59. The van der Waals surface area contributed by atoms with Gasteiger partial charge in [-0.1, -0.05) is 23.7 Å². The fourth-order valence-corrected chi connectivity index (χ4v) is 3.17. The molecule has 0 radical (unpaired) electrons. The molecule has 4 nitrogen and oxygen atoms in total. The Balaban J connectivity index is 1.79. The highest BCUT2D eigenvalue weighted by atomic mass is 35.5. The maximum Gasteiger partial charge on any atom is 0.266 e. The quantitative estimate of drug-likeness (QED) is 0.775. The van der Waals surface area contributed by atoms with E-state index in [-0.39, 0.29) is 5.91 Å². The molecule has 0 fully saturated rings. The van der Waals surface area contributed by atoms with Gasteiger partial charge in [-0.15, -0.1) is 11.3 Å². The Bertz CT molecular complexity index is 820. The molecule has 0 aliphatic heterocycles. The third kappa shape index (κ3) is 3.05. The largest absolute Gasteiger partial charge is 0.306 e. The van der Waals surface area contributed by atoms with E-state index in [0.29, 0.717) is 15.7 Å². The average Bonchev–Trinajstić information content (AvgIpc) is 3.07. The molecule has 0 bridgehead atoms. The zero-order valence-corrected chi connectivity index (χ0v) is 13.7. The molecule has 22 heavy (non-hydrogen) atoms. The predicted molar refractivity (Wildman–Crippen MR) is 90.7 cm³/mol. The van der Waals surface area contributed by atoms with Gasteiger partial charge in [0.15, 0.2) is 0 Å². The average molecular weight is 332 g/mol. The number of nitrogens with one attached hydrogen (secondary N) is 1. The molecule has 0 unspecified atom stereocenters. The van der Waals surface area contributed by atoms with Crippen molar-refractivity contribution in [3.8, 4) is 10.4 Å². The summed E-state index contributed by atoms with van der Waals surface area (Å²) in [5, 5.41) is 7.78. The van der Waals surface area contributed by atoms with E-state index in [2.05, 4.69) is 10.4 Å². The number of thiophene rings is 1. The summed E-state index contributed by atoms with van der Waals surface area (Å²) in [7, 11) is 1.80. The minimum absolute atomic E-state index is 0.131. The third-order valence-electron chi connectivity index (χ3n) is 3.20. The summed E-state index contributed by atoms with van der Waals surface area (Å²) in [6.45, 7) is 1.89. The molecule has 112 valence electrons. The first-order valence-electron chi connectivity index (χ1n) is 6.71. The number of halogens is 1. The Morgan fingerprint density at radius 3 is 2.59 bits per heavy atom. The van der Waals surface area contributed by atoms with Crippen molar-refractivity contribution >= 4 is 34.7 Å². The Labute approximate surface area is 137 Å². The van der Waals surface area contributed by atoms with Crippen LogP contribution in [-0.2, 0) is 7.05 Å². The zero-order valence-electron chi connectivity index (χ0n) is 12.1. The number of carbonyl (C=O) groups excluding carboxylic acids is 1. The zero-order chi connectivity index (χ0) is 15.7. The van der Waals surface area contributed by atoms with Crippen LogP contribution in [0.15, 0.2) is 42.5 Å². The van der Waals surface area contributed by atoms with Crippen LogP contribution >= 0.6 is 22.9 Å². The molecular weight excluding hydrogens is 318 g/mol. The van der Waals surface area contributed by atoms with Crippen molar-refractivity contribution in [1.29, 1.82) is 0 Å². The molecule has 0 atom stereocenters. The van der Waals surface area contributed by atoms with Crippen LogP contribution in [0.25, 0.3) is 10.4 Å². The lowest BCUT2D eigenvalue weighted by Gasteiger charge is -2.03. The number of aryl methyl sites for hydroxylation is 2. The van der Waals surface area contributed by atoms with Gasteiger partial charge >= 0.3 is 0 Å². The number of anilines is 1. The number of hydrogen-bond acceptors (Lipinski definition) is 3. The van der Waals surface area contributed by atoms with Crippen LogP contribution in [0.4, 0.5) is 5.82 Å². The van der Waals surface area contributed by atoms with Crippen LogP contribution in [-0.4, -0.2) is 15.7 Å². The van der Waals surface area contributed by atoms with Crippen molar-refractivity contribution in [2.24, 2.45) is 7.05 Å². The molecule has 0 aliphatic carbocycles. The maximum absolute atomic E-state index is 12.3. The lowest BCUT2D eigenvalue weighted by molar-refractivity contribution is 0.102. The highest BCUT2D eigenvalue weighted by Gasteiger charge is 2.12. The summed E-state index contributed by atoms with van der Waals surface area (Å²) >= 11 is 7.34. The van der Waals surface area contributed by atoms with Crippen molar-refractivity contribution in [2.45, 2.75) is 6.92 Å². The van der Waals surface area contributed by atoms with Gasteiger partial charge in [-0.2, -0.15) is 5.10 Å². The van der Waals surface area contributed by atoms with Crippen LogP contribution in [0.2, 0.25) is 5.02 Å². The number of aromatic nitrogens is 2. The van der Waals surface area contributed by atoms with E-state index in [1.54, 1.807) is 11.7 Å². The normalized spacial score (nSPS) is 10.7. The van der Waals surface area contributed by atoms with E-state index in [1.165, 1.54) is 11.3 Å². The van der Waals surface area contributed by atoms with E-state index < -0.39 is 0 Å². The summed E-state index contributed by atoms with van der Waals surface area (Å²) in [6.07, 6.45) is 0. The number of carbonyl (C=O) groups is 1. The predicted octanol–water partition coefficient (Wildman–Crippen LogP) is 4.36. The summed E-state index contributed by atoms with van der Waals surface area (Å²) < 4.78 is 1.65. The van der Waals surface area contributed by atoms with Gasteiger partial charge in [-0.3, -0.25) is 9.48 Å². The molecule has 6 heteroatoms. The van der Waals surface area contributed by atoms with Gasteiger partial charge in [0.2, 0.25) is 0 Å². The summed E-state index contributed by atoms with van der Waals surface area (Å²) in [5.41, 5.74) is 1.91. The summed E-state index contributed by atoms with van der Waals surface area (Å²) in [4.78, 5) is 14.0. The van der Waals surface area contributed by atoms with Crippen LogP contribution in [0.3, 0.4) is 0 Å². The van der Waals surface area contributed by atoms with Crippen molar-refractivity contribution < 1.29 is 4.79 Å². The molecular formula is C16H14ClN3OS. The Hall–Kier alpha value is -2.11. The first kappa shape index (κ1) is 14.8. The molecule has 1 N–H and O–H groups in total. The lowest BCUT2D eigenvalue weighted by atomic mass is 10.2. The first-order valence-corrected chi connectivity index (χ1v) is 7.90. The van der Waals surface area contributed by atoms with Gasteiger partial charge in [0.05, 0.1) is 10.6 Å². The Kier molecular flexibility index (Phi) is 4.00. The van der Waals surface area contributed by atoms with Crippen LogP contribution < -0.4 is 5.32 Å². The van der Waals surface area contributed by atoms with Crippen LogP contribution in [0.1, 0.15) is 15.4 Å². The smallest absolute Gasteiger partial charge is 0.266 e. The van der Waals surface area contributed by atoms with Gasteiger partial charge in [-0.05, 0) is 36.8 Å². The highest BCUT2D eigenvalue weighted by Crippen LogP contribution is 2.29. The molecule has 0 saturated carbocycles. The maximum atomic E-state index is 12.3. The Morgan fingerprint density at radius 1 is 1.23 bits per heavy atom. The molecule has 0 spiro atoms. The molecule has 1 amide bonds. The topological polar surface area (TPSA) is 46.9 Å². The van der Waals surface area contributed by atoms with E-state index in [0.717, 1.165) is 16.1 Å². The molecule has 0 aliphatic rings. The van der Waals surface area contributed by atoms with Crippen molar-refractivity contribution in [3.63, 3.8) is 0 Å². The highest BCUT2D eigenvalue weighted by molar-refractivity contribution is 7.17. The van der Waals surface area contributed by atoms with E-state index >= 15 is 0 Å². The minimum Gasteiger partial charge on any atom is -0.306 e. The van der Waals surface area contributed by atoms with Gasteiger partial charge in [0.1, 0.15) is 5.82 Å². The first-order chi connectivity index (χ1) is 10.5. The molecule has 3 aromatic rings. The van der Waals surface area contributed by atoms with Crippen molar-refractivity contribution in [2.75, 3.05) is 5.32 Å². The fourth-order valence-electron chi connectivity index (χ4n) is 2.13. The number of amides is 1. The van der Waals surface area contributed by atoms with E-state index in [9.17, 15) is 4.79 Å². The molecule has 2 aromatic heterocycles. The van der Waals surface area contributed by atoms with Gasteiger partial charge < -0.3 is 5.32 Å². The second-order valence-electron chi connectivity index (χ2n) is 4.92. The second-order valence-corrected chi connectivity index (χ2v) is 6.44. The Morgan fingerprint density at radius 2 is 1.95 bits per heavy atom. The summed E-state index contributed by atoms with van der Waals surface area (Å²) in [6, 6.07) is 13.2. The molecule has 1 aromatic carbocycles. The summed E-state index contributed by atoms with van der Waals surface area (Å²) in [5.74, 6) is 0.553. The number of hydrogen-bond donors (Lipinski definition) is 1. The SMILES string of the molecule is Cc1cc(NC(=O)c2ccc(-c3ccc(Cl)cc3)s2)n(C)n1.